The Morgan fingerprint density at radius 1 is 1.10 bits per heavy atom. The normalized spacial score (nSPS) is 11.4. The molecule has 0 spiro atoms. The van der Waals surface area contributed by atoms with Gasteiger partial charge in [-0.15, -0.1) is 0 Å². The molecule has 0 atom stereocenters. The summed E-state index contributed by atoms with van der Waals surface area (Å²) in [5, 5.41) is 0.702. The van der Waals surface area contributed by atoms with E-state index in [-0.39, 0.29) is 5.91 Å². The number of thiazole rings is 1. The van der Waals surface area contributed by atoms with E-state index in [1.54, 1.807) is 11.0 Å². The molecule has 0 saturated heterocycles. The van der Waals surface area contributed by atoms with Crippen LogP contribution in [-0.4, -0.2) is 49.6 Å². The fraction of sp³-hybridized carbons (Fsp3) is 0.304. The molecule has 3 aromatic rings. The van der Waals surface area contributed by atoms with Gasteiger partial charge < -0.3 is 9.64 Å². The van der Waals surface area contributed by atoms with Crippen molar-refractivity contribution >= 4 is 38.7 Å². The Labute approximate surface area is 176 Å². The summed E-state index contributed by atoms with van der Waals surface area (Å²) in [6, 6.07) is 15.7. The highest BCUT2D eigenvalue weighted by molar-refractivity contribution is 7.22. The molecule has 0 bridgehead atoms. The quantitative estimate of drug-likeness (QED) is 0.481. The molecule has 5 nitrogen and oxygen atoms in total. The first kappa shape index (κ1) is 21.0. The highest BCUT2D eigenvalue weighted by atomic mass is 32.1. The zero-order chi connectivity index (χ0) is 20.6. The van der Waals surface area contributed by atoms with E-state index in [2.05, 4.69) is 4.90 Å². The van der Waals surface area contributed by atoms with Crippen molar-refractivity contribution in [3.05, 3.63) is 60.2 Å². The molecule has 152 valence electrons. The summed E-state index contributed by atoms with van der Waals surface area (Å²) in [6.07, 6.45) is 4.34. The Kier molecular flexibility index (Phi) is 7.38. The summed E-state index contributed by atoms with van der Waals surface area (Å²) in [7, 11) is 4.07. The minimum atomic E-state index is -0.0652. The van der Waals surface area contributed by atoms with Gasteiger partial charge in [0.25, 0.3) is 5.91 Å². The molecule has 3 rings (SSSR count). The number of nitrogens with zero attached hydrogens (tertiary/aromatic N) is 3. The van der Waals surface area contributed by atoms with Crippen molar-refractivity contribution in [1.29, 1.82) is 0 Å². The lowest BCUT2D eigenvalue weighted by Crippen LogP contribution is -2.32. The second-order valence-corrected chi connectivity index (χ2v) is 7.93. The molecule has 6 heteroatoms. The van der Waals surface area contributed by atoms with E-state index in [4.69, 9.17) is 9.72 Å². The van der Waals surface area contributed by atoms with E-state index < -0.39 is 0 Å². The number of ether oxygens (including phenoxy) is 1. The Morgan fingerprint density at radius 2 is 1.90 bits per heavy atom. The summed E-state index contributed by atoms with van der Waals surface area (Å²) < 4.78 is 6.73. The van der Waals surface area contributed by atoms with Crippen LogP contribution in [0.3, 0.4) is 0 Å². The van der Waals surface area contributed by atoms with Gasteiger partial charge in [0.15, 0.2) is 5.13 Å². The summed E-state index contributed by atoms with van der Waals surface area (Å²) in [5.74, 6) is 0.692. The predicted octanol–water partition coefficient (Wildman–Crippen LogP) is 4.69. The lowest BCUT2D eigenvalue weighted by Gasteiger charge is -2.19. The van der Waals surface area contributed by atoms with Crippen molar-refractivity contribution in [1.82, 2.24) is 9.88 Å². The number of hydrogen-bond donors (Lipinski definition) is 0. The number of fused-ring (bicyclic) bond motifs is 1. The summed E-state index contributed by atoms with van der Waals surface area (Å²) in [6.45, 7) is 4.05. The zero-order valence-electron chi connectivity index (χ0n) is 17.2. The van der Waals surface area contributed by atoms with Gasteiger partial charge in [-0.25, -0.2) is 4.98 Å². The van der Waals surface area contributed by atoms with Crippen LogP contribution in [0.1, 0.15) is 18.9 Å². The molecule has 1 heterocycles. The number of carbonyl (C=O) groups excluding carboxylic acids is 1. The molecule has 0 N–H and O–H groups in total. The Bertz CT molecular complexity index is 967. The number of hydrogen-bond acceptors (Lipinski definition) is 5. The molecule has 1 aromatic heterocycles. The number of rotatable bonds is 9. The lowest BCUT2D eigenvalue weighted by molar-refractivity contribution is -0.114. The van der Waals surface area contributed by atoms with Crippen LogP contribution < -0.4 is 9.64 Å². The molecule has 2 aromatic carbocycles. The summed E-state index contributed by atoms with van der Waals surface area (Å²) in [5.41, 5.74) is 1.81. The minimum Gasteiger partial charge on any atom is -0.492 e. The third-order valence-corrected chi connectivity index (χ3v) is 5.42. The average Bonchev–Trinajstić information content (AvgIpc) is 3.15. The van der Waals surface area contributed by atoms with E-state index >= 15 is 0 Å². The highest BCUT2D eigenvalue weighted by Crippen LogP contribution is 2.34. The second kappa shape index (κ2) is 10.2. The molecule has 29 heavy (non-hydrogen) atoms. The zero-order valence-corrected chi connectivity index (χ0v) is 18.0. The van der Waals surface area contributed by atoms with Crippen LogP contribution in [0, 0.1) is 0 Å². The largest absolute Gasteiger partial charge is 0.492 e. The van der Waals surface area contributed by atoms with Crippen LogP contribution in [0.5, 0.6) is 5.75 Å². The Balaban J connectivity index is 1.88. The monoisotopic (exact) mass is 409 g/mol. The molecule has 1 amide bonds. The minimum absolute atomic E-state index is 0.0652. The van der Waals surface area contributed by atoms with E-state index in [1.807, 2.05) is 75.6 Å². The van der Waals surface area contributed by atoms with Gasteiger partial charge in [-0.3, -0.25) is 9.69 Å². The van der Waals surface area contributed by atoms with Gasteiger partial charge >= 0.3 is 0 Å². The van der Waals surface area contributed by atoms with Crippen molar-refractivity contribution in [2.75, 3.05) is 38.7 Å². The maximum Gasteiger partial charge on any atom is 0.252 e. The van der Waals surface area contributed by atoms with Gasteiger partial charge in [-0.2, -0.15) is 0 Å². The van der Waals surface area contributed by atoms with Crippen LogP contribution in [0.25, 0.3) is 16.3 Å². The third-order valence-electron chi connectivity index (χ3n) is 4.37. The van der Waals surface area contributed by atoms with E-state index in [0.29, 0.717) is 18.3 Å². The second-order valence-electron chi connectivity index (χ2n) is 6.92. The fourth-order valence-corrected chi connectivity index (χ4v) is 3.98. The maximum atomic E-state index is 13.0. The molecule has 0 saturated carbocycles. The first-order valence-corrected chi connectivity index (χ1v) is 10.6. The van der Waals surface area contributed by atoms with Crippen LogP contribution in [0.4, 0.5) is 5.13 Å². The van der Waals surface area contributed by atoms with E-state index in [1.165, 1.54) is 11.3 Å². The van der Waals surface area contributed by atoms with Crippen LogP contribution in [0.2, 0.25) is 0 Å². The molecule has 0 aliphatic heterocycles. The van der Waals surface area contributed by atoms with Gasteiger partial charge in [-0.05, 0) is 57.8 Å². The van der Waals surface area contributed by atoms with Crippen LogP contribution in [0.15, 0.2) is 54.6 Å². The Hall–Kier alpha value is -2.70. The number of carbonyl (C=O) groups is 1. The molecular formula is C23H27N3O2S. The van der Waals surface area contributed by atoms with Crippen molar-refractivity contribution in [2.45, 2.75) is 13.3 Å². The van der Waals surface area contributed by atoms with Crippen molar-refractivity contribution in [3.8, 4) is 5.75 Å². The maximum absolute atomic E-state index is 13.0. The SMILES string of the molecule is CCOc1cccc2sc(N(CCCN(C)C)C(=O)C=Cc3ccccc3)nc12. The van der Waals surface area contributed by atoms with Crippen molar-refractivity contribution in [2.24, 2.45) is 0 Å². The fourth-order valence-electron chi connectivity index (χ4n) is 2.97. The number of anilines is 1. The number of amides is 1. The van der Waals surface area contributed by atoms with Crippen molar-refractivity contribution < 1.29 is 9.53 Å². The number of aromatic nitrogens is 1. The first-order valence-electron chi connectivity index (χ1n) is 9.80. The lowest BCUT2D eigenvalue weighted by atomic mass is 10.2. The molecule has 0 aliphatic carbocycles. The highest BCUT2D eigenvalue weighted by Gasteiger charge is 2.19. The van der Waals surface area contributed by atoms with Crippen LogP contribution in [-0.2, 0) is 4.79 Å². The standard InChI is InChI=1S/C23H27N3O2S/c1-4-28-19-12-8-13-20-22(19)24-23(29-20)26(17-9-16-25(2)3)21(27)15-14-18-10-6-5-7-11-18/h5-8,10-15H,4,9,16-17H2,1-3H3. The predicted molar refractivity (Wildman–Crippen MR) is 122 cm³/mol. The molecular weight excluding hydrogens is 382 g/mol. The van der Waals surface area contributed by atoms with Gasteiger partial charge in [0, 0.05) is 12.6 Å². The third kappa shape index (κ3) is 5.65. The summed E-state index contributed by atoms with van der Waals surface area (Å²) >= 11 is 1.52. The Morgan fingerprint density at radius 3 is 2.62 bits per heavy atom. The summed E-state index contributed by atoms with van der Waals surface area (Å²) in [4.78, 5) is 21.7. The van der Waals surface area contributed by atoms with E-state index in [0.717, 1.165) is 34.5 Å². The molecule has 0 aliphatic rings. The van der Waals surface area contributed by atoms with Gasteiger partial charge in [0.2, 0.25) is 0 Å². The number of para-hydroxylation sites is 1. The van der Waals surface area contributed by atoms with Gasteiger partial charge in [0.1, 0.15) is 11.3 Å². The number of benzene rings is 2. The van der Waals surface area contributed by atoms with Crippen molar-refractivity contribution in [3.63, 3.8) is 0 Å². The average molecular weight is 410 g/mol. The molecule has 0 fully saturated rings. The van der Waals surface area contributed by atoms with E-state index in [9.17, 15) is 4.79 Å². The molecule has 0 unspecified atom stereocenters. The van der Waals surface area contributed by atoms with Gasteiger partial charge in [-0.1, -0.05) is 47.7 Å². The molecule has 0 radical (unpaired) electrons. The smallest absolute Gasteiger partial charge is 0.252 e. The van der Waals surface area contributed by atoms with Gasteiger partial charge in [0.05, 0.1) is 11.3 Å². The first-order chi connectivity index (χ1) is 14.1. The van der Waals surface area contributed by atoms with Crippen LogP contribution >= 0.6 is 11.3 Å². The topological polar surface area (TPSA) is 45.7 Å².